The number of rotatable bonds is 15. The van der Waals surface area contributed by atoms with Gasteiger partial charge in [0, 0.05) is 7.11 Å². The van der Waals surface area contributed by atoms with Gasteiger partial charge in [0.25, 0.3) is 24.9 Å². The largest absolute Gasteiger partial charge is 0.756 e. The van der Waals surface area contributed by atoms with E-state index in [9.17, 15) is 62.7 Å². The highest BCUT2D eigenvalue weighted by atomic mass is 31.3. The van der Waals surface area contributed by atoms with Crippen LogP contribution in [-0.4, -0.2) is 121 Å². The SMILES string of the molecule is CO[C@@H]1[C@H](O)[C@@H](COP(=O)(O)OP(=O)([O-])OP(=O)(O)NP(=O)(O)OC[C@H]2O[C@@H](n3cnc4c(=O)[nH]c(N)nc43)[C@H](O)[C@@H]2O)O[C@H]1[n+]1cn(C)c2c(=O)[nH]c(N)nc21. The molecular weight excluding hydrogens is 862 g/mol. The van der Waals surface area contributed by atoms with Crippen LogP contribution in [0.3, 0.4) is 0 Å². The van der Waals surface area contributed by atoms with Crippen molar-refractivity contribution >= 4 is 65.4 Å². The fourth-order valence-electron chi connectivity index (χ4n) is 5.87. The van der Waals surface area contributed by atoms with E-state index in [0.717, 1.165) is 15.8 Å². The van der Waals surface area contributed by atoms with Crippen LogP contribution in [0.5, 0.6) is 0 Å². The number of aliphatic hydroxyl groups is 3. The Morgan fingerprint density at radius 2 is 1.56 bits per heavy atom. The topological polar surface area (TPSA) is 460 Å². The number of nitrogens with two attached hydrogens (primary N) is 2. The molecule has 4 unspecified atom stereocenters. The second kappa shape index (κ2) is 15.7. The number of imidazole rings is 2. The summed E-state index contributed by atoms with van der Waals surface area (Å²) in [5.41, 5.74) is 9.45. The minimum atomic E-state index is -6.42. The number of aliphatic hydroxyl groups excluding tert-OH is 3. The average Bonchev–Trinajstić information content (AvgIpc) is 3.80. The maximum Gasteiger partial charge on any atom is 0.478 e. The van der Waals surface area contributed by atoms with Gasteiger partial charge in [-0.2, -0.15) is 4.98 Å². The normalized spacial score (nSPS) is 29.6. The summed E-state index contributed by atoms with van der Waals surface area (Å²) in [5.74, 6) is -0.595. The Morgan fingerprint density at radius 3 is 2.25 bits per heavy atom. The first kappa shape index (κ1) is 43.2. The third-order valence-corrected chi connectivity index (χ3v) is 14.5. The highest BCUT2D eigenvalue weighted by Gasteiger charge is 2.50. The number of nitrogens with zero attached hydrogens (tertiary/aromatic N) is 6. The van der Waals surface area contributed by atoms with E-state index in [1.807, 2.05) is 0 Å². The molecule has 4 aromatic heterocycles. The predicted octanol–water partition coefficient (Wildman–Crippen LogP) is -4.84. The first-order valence-electron chi connectivity index (χ1n) is 15.6. The number of hydrogen-bond donors (Lipinski definition) is 11. The van der Waals surface area contributed by atoms with Crippen LogP contribution < -0.4 is 36.9 Å². The molecular formula is C22H33N11O20P4. The molecule has 2 fully saturated rings. The summed E-state index contributed by atoms with van der Waals surface area (Å²) >= 11 is 0. The average molecular weight is 895 g/mol. The van der Waals surface area contributed by atoms with Crippen molar-refractivity contribution < 1.29 is 89.6 Å². The quantitative estimate of drug-likeness (QED) is 0.0394. The summed E-state index contributed by atoms with van der Waals surface area (Å²) in [6, 6.07) is 0. The van der Waals surface area contributed by atoms with Gasteiger partial charge in [-0.05, 0) is 0 Å². The molecule has 13 N–H and O–H groups in total. The van der Waals surface area contributed by atoms with Crippen molar-refractivity contribution in [2.24, 2.45) is 7.05 Å². The van der Waals surface area contributed by atoms with Gasteiger partial charge in [0.2, 0.25) is 17.7 Å². The van der Waals surface area contributed by atoms with Gasteiger partial charge in [-0.15, -0.1) is 4.86 Å². The molecule has 0 aliphatic carbocycles. The van der Waals surface area contributed by atoms with Crippen LogP contribution in [0, 0.1) is 0 Å². The van der Waals surface area contributed by atoms with Gasteiger partial charge in [0.05, 0.1) is 26.6 Å². The number of phosphoric acid groups is 2. The number of hydrogen-bond acceptors (Lipinski definition) is 22. The van der Waals surface area contributed by atoms with E-state index >= 15 is 0 Å². The van der Waals surface area contributed by atoms with E-state index in [0.29, 0.717) is 0 Å². The van der Waals surface area contributed by atoms with Gasteiger partial charge >= 0.3 is 29.0 Å². The van der Waals surface area contributed by atoms with Crippen molar-refractivity contribution in [2.75, 3.05) is 31.8 Å². The summed E-state index contributed by atoms with van der Waals surface area (Å²) in [6.45, 7) is -2.21. The molecule has 0 aromatic carbocycles. The molecule has 35 heteroatoms. The zero-order valence-electron chi connectivity index (χ0n) is 28.7. The number of methoxy groups -OCH3 is 1. The number of anilines is 2. The Labute approximate surface area is 315 Å². The Balaban J connectivity index is 1.04. The van der Waals surface area contributed by atoms with Gasteiger partial charge in [0.15, 0.2) is 23.7 Å². The second-order valence-electron chi connectivity index (χ2n) is 12.1. The Kier molecular flexibility index (Phi) is 11.9. The number of ether oxygens (including phenoxy) is 3. The molecule has 12 atom stereocenters. The lowest BCUT2D eigenvalue weighted by atomic mass is 10.1. The summed E-state index contributed by atoms with van der Waals surface area (Å²) in [5, 5.41) is 31.8. The lowest BCUT2D eigenvalue weighted by molar-refractivity contribution is -0.746. The van der Waals surface area contributed by atoms with Crippen LogP contribution in [0.2, 0.25) is 0 Å². The van der Waals surface area contributed by atoms with Crippen LogP contribution in [0.1, 0.15) is 12.5 Å². The number of aryl methyl sites for hydroxylation is 1. The first-order chi connectivity index (χ1) is 26.4. The number of fused-ring (bicyclic) bond motifs is 2. The molecule has 0 saturated carbocycles. The first-order valence-corrected chi connectivity index (χ1v) is 21.7. The third kappa shape index (κ3) is 9.12. The van der Waals surface area contributed by atoms with Gasteiger partial charge in [-0.3, -0.25) is 42.3 Å². The highest BCUT2D eigenvalue weighted by Crippen LogP contribution is 2.66. The standard InChI is InChI=1S/C22H33N11O20P4/c1-31-6-33(16-10(31)18(38)29-22(24)27-16)20-14(47-2)12(35)8(51-20)4-49-56(43,44)53-57(45,46)52-55(41,42)30-54(39,40)48-3-7-11(34)13(36)19(50-7)32-5-25-9-15(32)26-21(23)28-17(9)37/h5-8,11-14,19-20,34-36H,3-4H2,1-2H3,(H10-,23,24,26,27,28,29,30,37,38,39,40,41,42,43,44,45,46)/t7-,8-,11-,12-,13-,14-,19-,20-/m1/s1. The summed E-state index contributed by atoms with van der Waals surface area (Å²) in [6.07, 6.45) is -10.2. The summed E-state index contributed by atoms with van der Waals surface area (Å²) in [4.78, 5) is 84.3. The number of nitrogens with one attached hydrogen (secondary N) is 3. The van der Waals surface area contributed by atoms with Crippen LogP contribution in [0.4, 0.5) is 11.9 Å². The zero-order chi connectivity index (χ0) is 42.0. The Bertz CT molecular complexity index is 2490. The van der Waals surface area contributed by atoms with Crippen molar-refractivity contribution in [3.63, 3.8) is 0 Å². The smallest absolute Gasteiger partial charge is 0.478 e. The van der Waals surface area contributed by atoms with Gasteiger partial charge in [-0.25, -0.2) is 31.9 Å². The minimum absolute atomic E-state index is 0.0137. The number of aromatic nitrogens is 8. The van der Waals surface area contributed by atoms with Crippen LogP contribution in [-0.2, 0) is 57.2 Å². The summed E-state index contributed by atoms with van der Waals surface area (Å²) < 4.78 is 87.0. The number of phosphoric ester groups is 1. The van der Waals surface area contributed by atoms with E-state index in [-0.39, 0.29) is 34.2 Å². The van der Waals surface area contributed by atoms with Crippen molar-refractivity contribution in [3.8, 4) is 0 Å². The fourth-order valence-corrected chi connectivity index (χ4v) is 11.2. The molecule has 6 heterocycles. The Morgan fingerprint density at radius 1 is 0.930 bits per heavy atom. The van der Waals surface area contributed by atoms with Crippen molar-refractivity contribution in [1.29, 1.82) is 0 Å². The fraction of sp³-hybridized carbons (Fsp3) is 0.545. The van der Waals surface area contributed by atoms with E-state index < -0.39 is 105 Å². The lowest BCUT2D eigenvalue weighted by Crippen LogP contribution is -2.47. The summed E-state index contributed by atoms with van der Waals surface area (Å²) in [7, 11) is -21.2. The molecule has 6 rings (SSSR count). The molecule has 2 aliphatic heterocycles. The van der Waals surface area contributed by atoms with Gasteiger partial charge < -0.3 is 60.6 Å². The molecule has 0 bridgehead atoms. The van der Waals surface area contributed by atoms with E-state index in [1.54, 1.807) is 0 Å². The maximum atomic E-state index is 12.6. The van der Waals surface area contributed by atoms with Crippen LogP contribution >= 0.6 is 31.1 Å². The van der Waals surface area contributed by atoms with E-state index in [4.69, 9.17) is 25.7 Å². The molecule has 0 spiro atoms. The molecule has 2 aliphatic rings. The molecule has 4 aromatic rings. The van der Waals surface area contributed by atoms with Crippen LogP contribution in [0.25, 0.3) is 22.3 Å². The molecule has 57 heavy (non-hydrogen) atoms. The zero-order valence-corrected chi connectivity index (χ0v) is 32.3. The second-order valence-corrected chi connectivity index (χ2v) is 18.7. The minimum Gasteiger partial charge on any atom is -0.756 e. The van der Waals surface area contributed by atoms with Gasteiger partial charge in [-0.1, -0.05) is 4.98 Å². The predicted molar refractivity (Wildman–Crippen MR) is 179 cm³/mol. The number of nitrogen functional groups attached to an aromatic ring is 2. The van der Waals surface area contributed by atoms with Crippen LogP contribution in [0.15, 0.2) is 22.2 Å². The number of H-pyrrole nitrogens is 2. The monoisotopic (exact) mass is 895 g/mol. The third-order valence-electron chi connectivity index (χ3n) is 8.19. The molecule has 31 nitrogen and oxygen atoms in total. The molecule has 0 amide bonds. The Hall–Kier alpha value is -3.38. The molecule has 2 saturated heterocycles. The van der Waals surface area contributed by atoms with E-state index in [1.165, 1.54) is 29.6 Å². The van der Waals surface area contributed by atoms with Crippen molar-refractivity contribution in [2.45, 2.75) is 49.1 Å². The van der Waals surface area contributed by atoms with Crippen molar-refractivity contribution in [1.82, 2.24) is 38.9 Å². The molecule has 316 valence electrons. The maximum absolute atomic E-state index is 12.6. The van der Waals surface area contributed by atoms with E-state index in [2.05, 4.69) is 42.6 Å². The molecule has 0 radical (unpaired) electrons. The lowest BCUT2D eigenvalue weighted by Gasteiger charge is -2.27. The number of aromatic amines is 2. The van der Waals surface area contributed by atoms with Crippen molar-refractivity contribution in [3.05, 3.63) is 33.4 Å². The highest BCUT2D eigenvalue weighted by molar-refractivity contribution is 7.72. The van der Waals surface area contributed by atoms with Gasteiger partial charge in [0.1, 0.15) is 36.6 Å².